The molecule has 1 aromatic heterocycles. The molecular weight excluding hydrogens is 362 g/mol. The summed E-state index contributed by atoms with van der Waals surface area (Å²) < 4.78 is 12.6. The summed E-state index contributed by atoms with van der Waals surface area (Å²) in [7, 11) is 3.55. The fourth-order valence-electron chi connectivity index (χ4n) is 1.82. The largest absolute Gasteiger partial charge is 0.496 e. The zero-order valence-corrected chi connectivity index (χ0v) is 13.2. The van der Waals surface area contributed by atoms with Gasteiger partial charge in [0.25, 0.3) is 0 Å². The van der Waals surface area contributed by atoms with Crippen LogP contribution in [-0.4, -0.2) is 14.2 Å². The minimum absolute atomic E-state index is 0.00317. The van der Waals surface area contributed by atoms with Gasteiger partial charge in [0.15, 0.2) is 0 Å². The Morgan fingerprint density at radius 2 is 2.00 bits per heavy atom. The number of benzene rings is 1. The van der Waals surface area contributed by atoms with Gasteiger partial charge in [-0.3, -0.25) is 0 Å². The van der Waals surface area contributed by atoms with Gasteiger partial charge in [0.05, 0.1) is 28.4 Å². The van der Waals surface area contributed by atoms with Gasteiger partial charge in [0, 0.05) is 0 Å². The molecule has 0 saturated heterocycles. The fourth-order valence-corrected chi connectivity index (χ4v) is 2.81. The van der Waals surface area contributed by atoms with E-state index in [4.69, 9.17) is 9.15 Å². The Morgan fingerprint density at radius 1 is 1.22 bits per heavy atom. The number of furan rings is 1. The van der Waals surface area contributed by atoms with E-state index in [2.05, 4.69) is 37.2 Å². The van der Waals surface area contributed by atoms with Crippen molar-refractivity contribution >= 4 is 31.9 Å². The van der Waals surface area contributed by atoms with Crippen LogP contribution in [0.3, 0.4) is 0 Å². The second-order valence-electron chi connectivity index (χ2n) is 3.75. The van der Waals surface area contributed by atoms with Crippen LogP contribution in [0, 0.1) is 0 Å². The number of halogens is 2. The lowest BCUT2D eigenvalue weighted by atomic mass is 10.0. The zero-order chi connectivity index (χ0) is 13.1. The molecule has 0 amide bonds. The lowest BCUT2D eigenvalue weighted by molar-refractivity contribution is 0.411. The van der Waals surface area contributed by atoms with Crippen LogP contribution in [0.25, 0.3) is 0 Å². The van der Waals surface area contributed by atoms with E-state index in [0.29, 0.717) is 0 Å². The molecule has 2 rings (SSSR count). The van der Waals surface area contributed by atoms with Gasteiger partial charge in [0.2, 0.25) is 0 Å². The summed E-state index contributed by atoms with van der Waals surface area (Å²) in [5.41, 5.74) is 1.10. The Morgan fingerprint density at radius 3 is 2.50 bits per heavy atom. The van der Waals surface area contributed by atoms with E-state index in [1.165, 1.54) is 0 Å². The molecule has 1 unspecified atom stereocenters. The Bertz CT molecular complexity index is 540. The summed E-state index contributed by atoms with van der Waals surface area (Å²) in [6, 6.07) is 7.85. The molecule has 1 heterocycles. The molecule has 18 heavy (non-hydrogen) atoms. The third-order valence-electron chi connectivity index (χ3n) is 2.70. The van der Waals surface area contributed by atoms with Gasteiger partial charge in [-0.25, -0.2) is 0 Å². The van der Waals surface area contributed by atoms with E-state index >= 15 is 0 Å². The third-order valence-corrected chi connectivity index (χ3v) is 3.98. The summed E-state index contributed by atoms with van der Waals surface area (Å²) in [6.45, 7) is 0. The van der Waals surface area contributed by atoms with Crippen LogP contribution in [0.5, 0.6) is 5.75 Å². The lowest BCUT2D eigenvalue weighted by Crippen LogP contribution is -2.17. The number of rotatable bonds is 4. The van der Waals surface area contributed by atoms with Gasteiger partial charge >= 0.3 is 0 Å². The van der Waals surface area contributed by atoms with Gasteiger partial charge in [-0.15, -0.1) is 0 Å². The highest BCUT2D eigenvalue weighted by atomic mass is 79.9. The average Bonchev–Trinajstić information content (AvgIpc) is 2.77. The number of nitrogens with one attached hydrogen (secondary N) is 1. The summed E-state index contributed by atoms with van der Waals surface area (Å²) in [4.78, 5) is 0. The first kappa shape index (κ1) is 13.6. The molecule has 0 spiro atoms. The maximum Gasteiger partial charge on any atom is 0.139 e. The van der Waals surface area contributed by atoms with Gasteiger partial charge in [-0.05, 0) is 62.7 Å². The van der Waals surface area contributed by atoms with Crippen LogP contribution in [0.1, 0.15) is 17.4 Å². The molecule has 2 aromatic rings. The van der Waals surface area contributed by atoms with Gasteiger partial charge < -0.3 is 14.5 Å². The SMILES string of the molecule is CNC(c1ccc(OC)c(Br)c1)c1occc1Br. The zero-order valence-electron chi connectivity index (χ0n) is 10.0. The first-order valence-electron chi connectivity index (χ1n) is 5.41. The van der Waals surface area contributed by atoms with Gasteiger partial charge in [-0.2, -0.15) is 0 Å². The molecule has 1 aromatic carbocycles. The van der Waals surface area contributed by atoms with Crippen molar-refractivity contribution in [1.82, 2.24) is 5.32 Å². The Kier molecular flexibility index (Phi) is 4.48. The van der Waals surface area contributed by atoms with Crippen molar-refractivity contribution in [3.63, 3.8) is 0 Å². The fraction of sp³-hybridized carbons (Fsp3) is 0.231. The quantitative estimate of drug-likeness (QED) is 0.873. The van der Waals surface area contributed by atoms with Gasteiger partial charge in [0.1, 0.15) is 11.5 Å². The first-order valence-corrected chi connectivity index (χ1v) is 6.99. The van der Waals surface area contributed by atoms with Crippen LogP contribution in [0.2, 0.25) is 0 Å². The number of hydrogen-bond acceptors (Lipinski definition) is 3. The summed E-state index contributed by atoms with van der Waals surface area (Å²) in [5, 5.41) is 3.24. The van der Waals surface area contributed by atoms with Crippen molar-refractivity contribution in [2.45, 2.75) is 6.04 Å². The molecule has 5 heteroatoms. The van der Waals surface area contributed by atoms with E-state index in [1.807, 2.05) is 31.3 Å². The molecule has 0 aliphatic heterocycles. The summed E-state index contributed by atoms with van der Waals surface area (Å²) in [6.07, 6.45) is 1.67. The first-order chi connectivity index (χ1) is 8.67. The Hall–Kier alpha value is -0.780. The van der Waals surface area contributed by atoms with Crippen LogP contribution in [0.15, 0.2) is 43.9 Å². The smallest absolute Gasteiger partial charge is 0.139 e. The minimum Gasteiger partial charge on any atom is -0.496 e. The van der Waals surface area contributed by atoms with Crippen molar-refractivity contribution in [1.29, 1.82) is 0 Å². The van der Waals surface area contributed by atoms with Crippen LogP contribution >= 0.6 is 31.9 Å². The second kappa shape index (κ2) is 5.91. The molecule has 1 atom stereocenters. The predicted octanol–water partition coefficient (Wildman–Crippen LogP) is 4.12. The van der Waals surface area contributed by atoms with E-state index < -0.39 is 0 Å². The third kappa shape index (κ3) is 2.63. The molecule has 3 nitrogen and oxygen atoms in total. The molecule has 0 bridgehead atoms. The number of ether oxygens (including phenoxy) is 1. The van der Waals surface area contributed by atoms with E-state index in [9.17, 15) is 0 Å². The molecule has 0 fully saturated rings. The highest BCUT2D eigenvalue weighted by Gasteiger charge is 2.19. The van der Waals surface area contributed by atoms with E-state index in [-0.39, 0.29) is 6.04 Å². The van der Waals surface area contributed by atoms with E-state index in [1.54, 1.807) is 13.4 Å². The Balaban J connectivity index is 2.40. The molecule has 96 valence electrons. The standard InChI is InChI=1S/C13H13Br2NO2/c1-16-12(13-9(14)5-6-18-13)8-3-4-11(17-2)10(15)7-8/h3-7,12,16H,1-2H3. The second-order valence-corrected chi connectivity index (χ2v) is 5.46. The van der Waals surface area contributed by atoms with Crippen LogP contribution in [0.4, 0.5) is 0 Å². The highest BCUT2D eigenvalue weighted by Crippen LogP contribution is 2.33. The Labute approximate surface area is 123 Å². The van der Waals surface area contributed by atoms with Crippen molar-refractivity contribution in [3.8, 4) is 5.75 Å². The van der Waals surface area contributed by atoms with Crippen LogP contribution < -0.4 is 10.1 Å². The molecule has 0 aliphatic carbocycles. The lowest BCUT2D eigenvalue weighted by Gasteiger charge is -2.16. The maximum absolute atomic E-state index is 5.51. The molecule has 0 saturated carbocycles. The molecular formula is C13H13Br2NO2. The van der Waals surface area contributed by atoms with Gasteiger partial charge in [-0.1, -0.05) is 6.07 Å². The number of hydrogen-bond donors (Lipinski definition) is 1. The average molecular weight is 375 g/mol. The number of methoxy groups -OCH3 is 1. The normalized spacial score (nSPS) is 12.4. The molecule has 0 radical (unpaired) electrons. The van der Waals surface area contributed by atoms with E-state index in [0.717, 1.165) is 26.0 Å². The summed E-state index contributed by atoms with van der Waals surface area (Å²) >= 11 is 6.97. The topological polar surface area (TPSA) is 34.4 Å². The van der Waals surface area contributed by atoms with Crippen LogP contribution in [-0.2, 0) is 0 Å². The minimum atomic E-state index is -0.00317. The van der Waals surface area contributed by atoms with Crippen molar-refractivity contribution < 1.29 is 9.15 Å². The monoisotopic (exact) mass is 373 g/mol. The maximum atomic E-state index is 5.51. The van der Waals surface area contributed by atoms with Crippen molar-refractivity contribution in [2.24, 2.45) is 0 Å². The molecule has 1 N–H and O–H groups in total. The summed E-state index contributed by atoms with van der Waals surface area (Å²) in [5.74, 6) is 1.67. The van der Waals surface area contributed by atoms with Crippen molar-refractivity contribution in [3.05, 3.63) is 50.8 Å². The van der Waals surface area contributed by atoms with Crippen molar-refractivity contribution in [2.75, 3.05) is 14.2 Å². The predicted molar refractivity (Wildman–Crippen MR) is 78.0 cm³/mol. The highest BCUT2D eigenvalue weighted by molar-refractivity contribution is 9.10. The molecule has 0 aliphatic rings.